The average Bonchev–Trinajstić information content (AvgIpc) is 2.59. The fourth-order valence-corrected chi connectivity index (χ4v) is 2.91. The summed E-state index contributed by atoms with van der Waals surface area (Å²) in [6.45, 7) is 0.159. The lowest BCUT2D eigenvalue weighted by atomic mass is 9.88. The average molecular weight is 254 g/mol. The van der Waals surface area contributed by atoms with E-state index in [1.165, 1.54) is 7.11 Å². The van der Waals surface area contributed by atoms with E-state index in [0.29, 0.717) is 6.42 Å². The lowest BCUT2D eigenvalue weighted by Crippen LogP contribution is -2.48. The van der Waals surface area contributed by atoms with Gasteiger partial charge in [0.15, 0.2) is 0 Å². The van der Waals surface area contributed by atoms with Gasteiger partial charge in [0.25, 0.3) is 5.92 Å². The van der Waals surface area contributed by atoms with Crippen molar-refractivity contribution in [2.75, 3.05) is 19.5 Å². The first-order valence-corrected chi connectivity index (χ1v) is 5.72. The number of hydrogen-bond acceptors (Lipinski definition) is 3. The molecule has 1 spiro atoms. The summed E-state index contributed by atoms with van der Waals surface area (Å²) in [5.74, 6) is -2.90. The molecule has 2 fully saturated rings. The molecule has 92 valence electrons. The number of esters is 1. The molecule has 0 radical (unpaired) electrons. The maximum atomic E-state index is 13.2. The molecular weight excluding hydrogens is 240 g/mol. The lowest BCUT2D eigenvalue weighted by molar-refractivity contribution is -0.148. The molecule has 2 atom stereocenters. The van der Waals surface area contributed by atoms with Crippen LogP contribution in [0.4, 0.5) is 8.78 Å². The zero-order valence-corrected chi connectivity index (χ0v) is 9.74. The van der Waals surface area contributed by atoms with Gasteiger partial charge >= 0.3 is 5.97 Å². The van der Waals surface area contributed by atoms with Gasteiger partial charge in [-0.2, -0.15) is 0 Å². The van der Waals surface area contributed by atoms with Gasteiger partial charge in [0.1, 0.15) is 5.54 Å². The number of nitrogens with one attached hydrogen (secondary N) is 1. The van der Waals surface area contributed by atoms with Crippen LogP contribution in [0, 0.1) is 5.41 Å². The Morgan fingerprint density at radius 3 is 2.50 bits per heavy atom. The Balaban J connectivity index is 2.16. The summed E-state index contributed by atoms with van der Waals surface area (Å²) >= 11 is 5.62. The van der Waals surface area contributed by atoms with Gasteiger partial charge in [-0.1, -0.05) is 0 Å². The van der Waals surface area contributed by atoms with Gasteiger partial charge in [0, 0.05) is 18.8 Å². The second-order valence-corrected chi connectivity index (χ2v) is 5.08. The third-order valence-corrected chi connectivity index (χ3v) is 3.90. The summed E-state index contributed by atoms with van der Waals surface area (Å²) in [5.41, 5.74) is -2.07. The summed E-state index contributed by atoms with van der Waals surface area (Å²) in [6.07, 6.45) is 0.291. The third kappa shape index (κ3) is 1.52. The van der Waals surface area contributed by atoms with Crippen LogP contribution in [0.2, 0.25) is 0 Å². The van der Waals surface area contributed by atoms with Crippen molar-refractivity contribution in [3.63, 3.8) is 0 Å². The van der Waals surface area contributed by atoms with Crippen molar-refractivity contribution in [1.82, 2.24) is 5.32 Å². The van der Waals surface area contributed by atoms with Crippen LogP contribution in [-0.2, 0) is 9.53 Å². The molecule has 1 saturated carbocycles. The van der Waals surface area contributed by atoms with E-state index >= 15 is 0 Å². The predicted octanol–water partition coefficient (Wildman–Crippen LogP) is 1.55. The Morgan fingerprint density at radius 2 is 2.12 bits per heavy atom. The van der Waals surface area contributed by atoms with Crippen LogP contribution in [-0.4, -0.2) is 37.0 Å². The zero-order valence-electron chi connectivity index (χ0n) is 8.99. The van der Waals surface area contributed by atoms with Crippen LogP contribution in [0.1, 0.15) is 19.3 Å². The molecule has 2 rings (SSSR count). The van der Waals surface area contributed by atoms with E-state index in [4.69, 9.17) is 11.6 Å². The minimum atomic E-state index is -2.65. The molecule has 3 nitrogen and oxygen atoms in total. The highest BCUT2D eigenvalue weighted by molar-refractivity contribution is 6.18. The number of hydrogen-bond donors (Lipinski definition) is 1. The van der Waals surface area contributed by atoms with Crippen molar-refractivity contribution < 1.29 is 18.3 Å². The van der Waals surface area contributed by atoms with Gasteiger partial charge in [0.2, 0.25) is 0 Å². The minimum Gasteiger partial charge on any atom is -0.468 e. The molecular formula is C10H14ClF2NO2. The van der Waals surface area contributed by atoms with Gasteiger partial charge in [-0.25, -0.2) is 8.78 Å². The van der Waals surface area contributed by atoms with Crippen molar-refractivity contribution in [3.8, 4) is 0 Å². The molecule has 0 aromatic heterocycles. The second kappa shape index (κ2) is 3.53. The van der Waals surface area contributed by atoms with E-state index in [9.17, 15) is 13.6 Å². The summed E-state index contributed by atoms with van der Waals surface area (Å²) in [6, 6.07) is 0. The molecule has 0 bridgehead atoms. The second-order valence-electron chi connectivity index (χ2n) is 4.70. The van der Waals surface area contributed by atoms with Gasteiger partial charge in [-0.3, -0.25) is 4.79 Å². The molecule has 2 aliphatic rings. The molecule has 16 heavy (non-hydrogen) atoms. The normalized spacial score (nSPS) is 40.0. The zero-order chi connectivity index (χ0) is 12.0. The number of ether oxygens (including phenoxy) is 1. The van der Waals surface area contributed by atoms with Gasteiger partial charge in [0.05, 0.1) is 12.5 Å². The van der Waals surface area contributed by atoms with Crippen molar-refractivity contribution in [2.45, 2.75) is 30.7 Å². The third-order valence-electron chi connectivity index (χ3n) is 3.71. The molecule has 1 heterocycles. The van der Waals surface area contributed by atoms with Gasteiger partial charge in [-0.15, -0.1) is 11.6 Å². The van der Waals surface area contributed by atoms with Crippen LogP contribution in [0.25, 0.3) is 0 Å². The van der Waals surface area contributed by atoms with E-state index in [-0.39, 0.29) is 25.3 Å². The molecule has 1 aliphatic heterocycles. The number of alkyl halides is 3. The Kier molecular flexibility index (Phi) is 2.66. The van der Waals surface area contributed by atoms with E-state index in [1.54, 1.807) is 0 Å². The van der Waals surface area contributed by atoms with Crippen molar-refractivity contribution in [3.05, 3.63) is 0 Å². The number of methoxy groups -OCH3 is 1. The number of halogens is 3. The fourth-order valence-electron chi connectivity index (χ4n) is 2.59. The summed E-state index contributed by atoms with van der Waals surface area (Å²) in [5, 5.41) is 2.89. The van der Waals surface area contributed by atoms with Crippen LogP contribution in [0.15, 0.2) is 0 Å². The van der Waals surface area contributed by atoms with E-state index in [0.717, 1.165) is 0 Å². The Hall–Kier alpha value is -0.420. The highest BCUT2D eigenvalue weighted by Gasteiger charge is 2.76. The predicted molar refractivity (Wildman–Crippen MR) is 54.7 cm³/mol. The van der Waals surface area contributed by atoms with E-state index in [2.05, 4.69) is 10.1 Å². The smallest absolute Gasteiger partial charge is 0.326 e. The van der Waals surface area contributed by atoms with Crippen LogP contribution in [0.3, 0.4) is 0 Å². The molecule has 1 saturated heterocycles. The van der Waals surface area contributed by atoms with Gasteiger partial charge < -0.3 is 10.1 Å². The maximum Gasteiger partial charge on any atom is 0.326 e. The molecule has 0 amide bonds. The first-order chi connectivity index (χ1) is 7.41. The largest absolute Gasteiger partial charge is 0.468 e. The Labute approximate surface area is 97.5 Å². The van der Waals surface area contributed by atoms with Crippen molar-refractivity contribution in [1.29, 1.82) is 0 Å². The monoisotopic (exact) mass is 253 g/mol. The summed E-state index contributed by atoms with van der Waals surface area (Å²) < 4.78 is 31.1. The van der Waals surface area contributed by atoms with E-state index < -0.39 is 22.8 Å². The number of rotatable bonds is 3. The fraction of sp³-hybridized carbons (Fsp3) is 0.900. The summed E-state index contributed by atoms with van der Waals surface area (Å²) in [4.78, 5) is 11.7. The molecule has 0 aromatic carbocycles. The number of carbonyl (C=O) groups excluding carboxylic acids is 1. The standard InChI is InChI=1S/C10H14ClF2NO2/c1-16-7(15)9(2-3-11)4-8(6-14-9)5-10(8,12)13/h14H,2-6H2,1H3/t8-,9+/m1/s1. The highest BCUT2D eigenvalue weighted by atomic mass is 35.5. The van der Waals surface area contributed by atoms with Crippen LogP contribution < -0.4 is 5.32 Å². The van der Waals surface area contributed by atoms with E-state index in [1.807, 2.05) is 0 Å². The molecule has 1 aliphatic carbocycles. The van der Waals surface area contributed by atoms with Crippen molar-refractivity contribution in [2.24, 2.45) is 5.41 Å². The Bertz CT molecular complexity index is 326. The van der Waals surface area contributed by atoms with Crippen LogP contribution >= 0.6 is 11.6 Å². The first-order valence-electron chi connectivity index (χ1n) is 5.19. The number of carbonyl (C=O) groups is 1. The van der Waals surface area contributed by atoms with Crippen LogP contribution in [0.5, 0.6) is 0 Å². The Morgan fingerprint density at radius 1 is 1.50 bits per heavy atom. The quantitative estimate of drug-likeness (QED) is 0.613. The SMILES string of the molecule is COC(=O)[C@]1(CCCl)C[C@]2(CN1)CC2(F)F. The molecule has 0 aromatic rings. The van der Waals surface area contributed by atoms with Crippen molar-refractivity contribution >= 4 is 17.6 Å². The molecule has 1 N–H and O–H groups in total. The maximum absolute atomic E-state index is 13.2. The highest BCUT2D eigenvalue weighted by Crippen LogP contribution is 2.66. The lowest BCUT2D eigenvalue weighted by Gasteiger charge is -2.25. The summed E-state index contributed by atoms with van der Waals surface area (Å²) in [7, 11) is 1.26. The molecule has 6 heteroatoms. The first kappa shape index (κ1) is 12.0. The minimum absolute atomic E-state index is 0.117. The molecule has 0 unspecified atom stereocenters. The van der Waals surface area contributed by atoms with Gasteiger partial charge in [-0.05, 0) is 12.8 Å². The topological polar surface area (TPSA) is 38.3 Å².